The van der Waals surface area contributed by atoms with Gasteiger partial charge in [-0.3, -0.25) is 14.9 Å². The van der Waals surface area contributed by atoms with Crippen molar-refractivity contribution >= 4 is 11.6 Å². The molecule has 1 amide bonds. The Morgan fingerprint density at radius 1 is 1.26 bits per heavy atom. The van der Waals surface area contributed by atoms with Crippen molar-refractivity contribution in [1.82, 2.24) is 5.32 Å². The van der Waals surface area contributed by atoms with E-state index >= 15 is 0 Å². The second-order valence-electron chi connectivity index (χ2n) is 5.41. The largest absolute Gasteiger partial charge is 0.388 e. The Morgan fingerprint density at radius 3 is 2.26 bits per heavy atom. The molecule has 0 spiro atoms. The third kappa shape index (κ3) is 3.29. The van der Waals surface area contributed by atoms with E-state index in [2.05, 4.69) is 5.32 Å². The molecular weight excluding hydrogens is 248 g/mol. The van der Waals surface area contributed by atoms with Gasteiger partial charge in [0.2, 0.25) is 0 Å². The maximum Gasteiger partial charge on any atom is 0.282 e. The molecule has 104 valence electrons. The number of nitrogens with zero attached hydrogens (tertiary/aromatic N) is 1. The van der Waals surface area contributed by atoms with Gasteiger partial charge in [0.1, 0.15) is 5.56 Å². The Morgan fingerprint density at radius 2 is 1.79 bits per heavy atom. The molecule has 0 bridgehead atoms. The van der Waals surface area contributed by atoms with Crippen LogP contribution < -0.4 is 5.32 Å². The molecule has 0 aromatic heterocycles. The zero-order valence-corrected chi connectivity index (χ0v) is 11.4. The van der Waals surface area contributed by atoms with Crippen LogP contribution in [0.2, 0.25) is 0 Å². The predicted octanol–water partition coefficient (Wildman–Crippen LogP) is 1.87. The van der Waals surface area contributed by atoms with Crippen molar-refractivity contribution in [2.45, 2.75) is 38.8 Å². The summed E-state index contributed by atoms with van der Waals surface area (Å²) >= 11 is 0. The highest BCUT2D eigenvalue weighted by atomic mass is 16.6. The van der Waals surface area contributed by atoms with Gasteiger partial charge in [-0.2, -0.15) is 0 Å². The summed E-state index contributed by atoms with van der Waals surface area (Å²) in [4.78, 5) is 22.4. The molecule has 1 aromatic carbocycles. The van der Waals surface area contributed by atoms with E-state index < -0.39 is 22.0 Å². The van der Waals surface area contributed by atoms with Crippen molar-refractivity contribution in [1.29, 1.82) is 0 Å². The van der Waals surface area contributed by atoms with Crippen LogP contribution in [0, 0.1) is 10.1 Å². The molecule has 0 fully saturated rings. The Kier molecular flexibility index (Phi) is 3.95. The minimum Gasteiger partial charge on any atom is -0.388 e. The first kappa shape index (κ1) is 15.1. The van der Waals surface area contributed by atoms with E-state index in [0.717, 1.165) is 0 Å². The van der Waals surface area contributed by atoms with E-state index in [1.807, 2.05) is 0 Å². The number of nitrogens with one attached hydrogen (secondary N) is 1. The molecule has 19 heavy (non-hydrogen) atoms. The van der Waals surface area contributed by atoms with Crippen molar-refractivity contribution in [3.8, 4) is 0 Å². The number of carbonyl (C=O) groups is 1. The number of aliphatic hydroxyl groups is 1. The molecule has 0 aliphatic heterocycles. The summed E-state index contributed by atoms with van der Waals surface area (Å²) in [7, 11) is 0. The van der Waals surface area contributed by atoms with Crippen LogP contribution in [0.3, 0.4) is 0 Å². The second kappa shape index (κ2) is 4.97. The van der Waals surface area contributed by atoms with Crippen LogP contribution in [0.15, 0.2) is 24.3 Å². The number of benzene rings is 1. The normalized spacial score (nSPS) is 12.1. The Labute approximate surface area is 111 Å². The van der Waals surface area contributed by atoms with Crippen molar-refractivity contribution in [2.75, 3.05) is 0 Å². The Bertz CT molecular complexity index is 504. The quantitative estimate of drug-likeness (QED) is 0.642. The van der Waals surface area contributed by atoms with Gasteiger partial charge in [-0.15, -0.1) is 0 Å². The van der Waals surface area contributed by atoms with Crippen LogP contribution in [0.5, 0.6) is 0 Å². The number of hydrogen-bond donors (Lipinski definition) is 2. The van der Waals surface area contributed by atoms with Gasteiger partial charge in [-0.25, -0.2) is 0 Å². The van der Waals surface area contributed by atoms with Crippen molar-refractivity contribution in [2.24, 2.45) is 0 Å². The second-order valence-corrected chi connectivity index (χ2v) is 5.41. The van der Waals surface area contributed by atoms with Gasteiger partial charge >= 0.3 is 0 Å². The monoisotopic (exact) mass is 266 g/mol. The van der Waals surface area contributed by atoms with Crippen LogP contribution >= 0.6 is 0 Å². The minimum atomic E-state index is -1.16. The summed E-state index contributed by atoms with van der Waals surface area (Å²) in [5.74, 6) is -0.584. The lowest BCUT2D eigenvalue weighted by atomic mass is 9.85. The smallest absolute Gasteiger partial charge is 0.282 e. The van der Waals surface area contributed by atoms with E-state index in [4.69, 9.17) is 0 Å². The van der Waals surface area contributed by atoms with Crippen LogP contribution in [0.25, 0.3) is 0 Å². The molecule has 0 saturated carbocycles. The number of hydrogen-bond acceptors (Lipinski definition) is 4. The summed E-state index contributed by atoms with van der Waals surface area (Å²) in [6.45, 7) is 6.43. The molecule has 2 N–H and O–H groups in total. The summed E-state index contributed by atoms with van der Waals surface area (Å²) in [5, 5.41) is 23.5. The molecule has 0 radical (unpaired) electrons. The zero-order chi connectivity index (χ0) is 14.8. The van der Waals surface area contributed by atoms with Gasteiger partial charge in [-0.1, -0.05) is 12.1 Å². The fourth-order valence-electron chi connectivity index (χ4n) is 1.33. The van der Waals surface area contributed by atoms with Crippen LogP contribution in [0.1, 0.15) is 38.1 Å². The van der Waals surface area contributed by atoms with E-state index in [0.29, 0.717) is 0 Å². The van der Waals surface area contributed by atoms with E-state index in [1.165, 1.54) is 18.2 Å². The maximum atomic E-state index is 12.1. The van der Waals surface area contributed by atoms with E-state index in [1.54, 1.807) is 33.8 Å². The fourth-order valence-corrected chi connectivity index (χ4v) is 1.33. The lowest BCUT2D eigenvalue weighted by molar-refractivity contribution is -0.385. The topological polar surface area (TPSA) is 92.5 Å². The third-order valence-corrected chi connectivity index (χ3v) is 3.30. The van der Waals surface area contributed by atoms with Crippen LogP contribution in [-0.2, 0) is 0 Å². The van der Waals surface area contributed by atoms with Crippen LogP contribution in [-0.4, -0.2) is 27.1 Å². The molecule has 0 unspecified atom stereocenters. The number of nitro benzene ring substituents is 1. The molecule has 0 heterocycles. The maximum absolute atomic E-state index is 12.1. The molecule has 6 nitrogen and oxygen atoms in total. The molecule has 1 aromatic rings. The van der Waals surface area contributed by atoms with Gasteiger partial charge in [0.25, 0.3) is 11.6 Å². The number of para-hydroxylation sites is 1. The lowest BCUT2D eigenvalue weighted by Crippen LogP contribution is -2.57. The highest BCUT2D eigenvalue weighted by Crippen LogP contribution is 2.23. The van der Waals surface area contributed by atoms with Crippen molar-refractivity contribution in [3.63, 3.8) is 0 Å². The molecule has 0 aliphatic rings. The molecular formula is C13H18N2O4. The van der Waals surface area contributed by atoms with E-state index in [-0.39, 0.29) is 11.3 Å². The third-order valence-electron chi connectivity index (χ3n) is 3.30. The number of carbonyl (C=O) groups excluding carboxylic acids is 1. The highest BCUT2D eigenvalue weighted by molar-refractivity contribution is 5.98. The number of amides is 1. The first-order valence-corrected chi connectivity index (χ1v) is 5.84. The van der Waals surface area contributed by atoms with Crippen LogP contribution in [0.4, 0.5) is 5.69 Å². The standard InChI is InChI=1S/C13H18N2O4/c1-12(2,13(3,4)17)14-11(16)9-7-5-6-8-10(9)15(18)19/h5-8,17H,1-4H3,(H,14,16). The molecule has 0 atom stereocenters. The van der Waals surface area contributed by atoms with Gasteiger partial charge in [0.05, 0.1) is 16.1 Å². The summed E-state index contributed by atoms with van der Waals surface area (Å²) in [5.41, 5.74) is -2.36. The average molecular weight is 266 g/mol. The first-order valence-electron chi connectivity index (χ1n) is 5.84. The number of nitro groups is 1. The van der Waals surface area contributed by atoms with Gasteiger partial charge in [-0.05, 0) is 33.8 Å². The van der Waals surface area contributed by atoms with Gasteiger partial charge < -0.3 is 10.4 Å². The predicted molar refractivity (Wildman–Crippen MR) is 70.9 cm³/mol. The van der Waals surface area contributed by atoms with Gasteiger partial charge in [0, 0.05) is 6.07 Å². The zero-order valence-electron chi connectivity index (χ0n) is 11.4. The first-order chi connectivity index (χ1) is 8.56. The SMILES string of the molecule is CC(C)(O)C(C)(C)NC(=O)c1ccccc1[N+](=O)[O-]. The molecule has 1 rings (SSSR count). The minimum absolute atomic E-state index is 0.0233. The van der Waals surface area contributed by atoms with E-state index in [9.17, 15) is 20.0 Å². The van der Waals surface area contributed by atoms with Crippen molar-refractivity contribution in [3.05, 3.63) is 39.9 Å². The van der Waals surface area contributed by atoms with Crippen molar-refractivity contribution < 1.29 is 14.8 Å². The molecule has 0 saturated heterocycles. The molecule has 0 aliphatic carbocycles. The summed E-state index contributed by atoms with van der Waals surface area (Å²) in [6.07, 6.45) is 0. The summed E-state index contributed by atoms with van der Waals surface area (Å²) in [6, 6.07) is 5.70. The summed E-state index contributed by atoms with van der Waals surface area (Å²) < 4.78 is 0. The Balaban J connectivity index is 3.07. The molecule has 6 heteroatoms. The highest BCUT2D eigenvalue weighted by Gasteiger charge is 2.37. The lowest BCUT2D eigenvalue weighted by Gasteiger charge is -2.37. The number of rotatable bonds is 4. The Hall–Kier alpha value is -1.95. The average Bonchev–Trinajstić information content (AvgIpc) is 2.26. The van der Waals surface area contributed by atoms with Gasteiger partial charge in [0.15, 0.2) is 0 Å². The fraction of sp³-hybridized carbons (Fsp3) is 0.462.